The van der Waals surface area contributed by atoms with E-state index in [1.807, 2.05) is 12.3 Å². The molecule has 1 aromatic heterocycles. The molecule has 0 saturated heterocycles. The maximum Gasteiger partial charge on any atom is 0.257 e. The third kappa shape index (κ3) is 3.30. The number of carbonyl (C=O) groups excluding carboxylic acids is 1. The molecule has 0 radical (unpaired) electrons. The van der Waals surface area contributed by atoms with E-state index in [0.717, 1.165) is 5.69 Å². The first-order valence-corrected chi connectivity index (χ1v) is 6.64. The van der Waals surface area contributed by atoms with Crippen molar-refractivity contribution in [1.82, 2.24) is 4.98 Å². The summed E-state index contributed by atoms with van der Waals surface area (Å²) >= 11 is 1.36. The van der Waals surface area contributed by atoms with Crippen LogP contribution < -0.4 is 15.8 Å². The first kappa shape index (κ1) is 13.5. The van der Waals surface area contributed by atoms with Gasteiger partial charge in [0.2, 0.25) is 0 Å². The highest BCUT2D eigenvalue weighted by atomic mass is 32.1. The normalized spacial score (nSPS) is 11.9. The average Bonchev–Trinajstić information content (AvgIpc) is 2.87. The number of benzene rings is 1. The van der Waals surface area contributed by atoms with Crippen molar-refractivity contribution in [2.75, 3.05) is 12.4 Å². The molecule has 6 heteroatoms. The second-order valence-corrected chi connectivity index (χ2v) is 4.91. The molecule has 1 heterocycles. The zero-order valence-corrected chi connectivity index (χ0v) is 11.5. The van der Waals surface area contributed by atoms with Crippen LogP contribution in [0.4, 0.5) is 5.13 Å². The van der Waals surface area contributed by atoms with Gasteiger partial charge in [-0.15, -0.1) is 11.3 Å². The Labute approximate surface area is 115 Å². The molecule has 5 nitrogen and oxygen atoms in total. The Morgan fingerprint density at radius 2 is 2.11 bits per heavy atom. The fraction of sp³-hybridized carbons (Fsp3) is 0.231. The molecule has 1 aromatic carbocycles. The fourth-order valence-electron chi connectivity index (χ4n) is 1.46. The van der Waals surface area contributed by atoms with Crippen molar-refractivity contribution in [3.05, 3.63) is 40.9 Å². The van der Waals surface area contributed by atoms with E-state index in [2.05, 4.69) is 10.3 Å². The van der Waals surface area contributed by atoms with Gasteiger partial charge in [-0.25, -0.2) is 4.98 Å². The van der Waals surface area contributed by atoms with E-state index in [0.29, 0.717) is 16.4 Å². The summed E-state index contributed by atoms with van der Waals surface area (Å²) in [5, 5.41) is 5.13. The third-order valence-electron chi connectivity index (χ3n) is 2.56. The highest BCUT2D eigenvalue weighted by molar-refractivity contribution is 7.14. The number of nitrogens with two attached hydrogens (primary N) is 1. The zero-order chi connectivity index (χ0) is 13.8. The van der Waals surface area contributed by atoms with Crippen molar-refractivity contribution in [3.63, 3.8) is 0 Å². The zero-order valence-electron chi connectivity index (χ0n) is 10.7. The molecule has 0 aliphatic carbocycles. The highest BCUT2D eigenvalue weighted by Gasteiger charge is 2.10. The van der Waals surface area contributed by atoms with E-state index in [1.54, 1.807) is 31.4 Å². The van der Waals surface area contributed by atoms with Crippen LogP contribution in [0.2, 0.25) is 0 Å². The van der Waals surface area contributed by atoms with Crippen LogP contribution in [0.5, 0.6) is 5.75 Å². The van der Waals surface area contributed by atoms with Crippen LogP contribution in [0.1, 0.15) is 29.0 Å². The van der Waals surface area contributed by atoms with Crippen LogP contribution in [0.15, 0.2) is 29.6 Å². The molecule has 0 spiro atoms. The topological polar surface area (TPSA) is 77.2 Å². The predicted molar refractivity (Wildman–Crippen MR) is 75.7 cm³/mol. The van der Waals surface area contributed by atoms with E-state index in [-0.39, 0.29) is 11.9 Å². The van der Waals surface area contributed by atoms with Crippen LogP contribution in [0, 0.1) is 0 Å². The van der Waals surface area contributed by atoms with Crippen LogP contribution in [-0.2, 0) is 0 Å². The van der Waals surface area contributed by atoms with E-state index in [9.17, 15) is 4.79 Å². The molecule has 0 aliphatic rings. The summed E-state index contributed by atoms with van der Waals surface area (Å²) in [5.41, 5.74) is 7.05. The number of thiazole rings is 1. The summed E-state index contributed by atoms with van der Waals surface area (Å²) in [5.74, 6) is 0.512. The van der Waals surface area contributed by atoms with Gasteiger partial charge in [-0.2, -0.15) is 0 Å². The second kappa shape index (κ2) is 5.81. The number of amides is 1. The monoisotopic (exact) mass is 277 g/mol. The standard InChI is InChI=1S/C13H15N3O2S/c1-8(14)11-7-19-13(15-11)16-12(17)9-3-5-10(18-2)6-4-9/h3-8H,14H2,1-2H3,(H,15,16,17). The van der Waals surface area contributed by atoms with Gasteiger partial charge in [0.25, 0.3) is 5.91 Å². The Morgan fingerprint density at radius 1 is 1.42 bits per heavy atom. The quantitative estimate of drug-likeness (QED) is 0.899. The Morgan fingerprint density at radius 3 is 2.63 bits per heavy atom. The molecule has 0 aliphatic heterocycles. The molecule has 1 unspecified atom stereocenters. The molecule has 19 heavy (non-hydrogen) atoms. The van der Waals surface area contributed by atoms with Gasteiger partial charge in [-0.05, 0) is 31.2 Å². The van der Waals surface area contributed by atoms with Gasteiger partial charge >= 0.3 is 0 Å². The summed E-state index contributed by atoms with van der Waals surface area (Å²) in [6, 6.07) is 6.75. The van der Waals surface area contributed by atoms with Crippen molar-refractivity contribution in [3.8, 4) is 5.75 Å². The number of nitrogens with zero attached hydrogens (tertiary/aromatic N) is 1. The summed E-state index contributed by atoms with van der Waals surface area (Å²) in [4.78, 5) is 16.2. The van der Waals surface area contributed by atoms with Crippen LogP contribution in [0.25, 0.3) is 0 Å². The van der Waals surface area contributed by atoms with Gasteiger partial charge < -0.3 is 10.5 Å². The number of nitrogens with one attached hydrogen (secondary N) is 1. The number of hydrogen-bond donors (Lipinski definition) is 2. The summed E-state index contributed by atoms with van der Waals surface area (Å²) in [6.45, 7) is 1.85. The second-order valence-electron chi connectivity index (χ2n) is 4.05. The van der Waals surface area contributed by atoms with E-state index >= 15 is 0 Å². The third-order valence-corrected chi connectivity index (χ3v) is 3.34. The number of hydrogen-bond acceptors (Lipinski definition) is 5. The molecule has 100 valence electrons. The van der Waals surface area contributed by atoms with Gasteiger partial charge in [0.05, 0.1) is 12.8 Å². The predicted octanol–water partition coefficient (Wildman–Crippen LogP) is 2.42. The van der Waals surface area contributed by atoms with Gasteiger partial charge in [0.1, 0.15) is 5.75 Å². The molecule has 2 rings (SSSR count). The first-order chi connectivity index (χ1) is 9.10. The smallest absolute Gasteiger partial charge is 0.257 e. The molecule has 0 bridgehead atoms. The van der Waals surface area contributed by atoms with Crippen molar-refractivity contribution in [1.29, 1.82) is 0 Å². The van der Waals surface area contributed by atoms with E-state index in [1.165, 1.54) is 11.3 Å². The number of anilines is 1. The molecule has 0 saturated carbocycles. The van der Waals surface area contributed by atoms with Crippen LogP contribution in [0.3, 0.4) is 0 Å². The lowest BCUT2D eigenvalue weighted by Gasteiger charge is -2.03. The molecule has 2 aromatic rings. The Kier molecular flexibility index (Phi) is 4.13. The Hall–Kier alpha value is -1.92. The minimum atomic E-state index is -0.201. The molecule has 0 fully saturated rings. The van der Waals surface area contributed by atoms with Gasteiger partial charge in [0, 0.05) is 17.0 Å². The highest BCUT2D eigenvalue weighted by Crippen LogP contribution is 2.20. The summed E-state index contributed by atoms with van der Waals surface area (Å²) < 4.78 is 5.04. The van der Waals surface area contributed by atoms with Crippen molar-refractivity contribution < 1.29 is 9.53 Å². The number of carbonyl (C=O) groups is 1. The molecule has 3 N–H and O–H groups in total. The van der Waals surface area contributed by atoms with Gasteiger partial charge in [-0.3, -0.25) is 10.1 Å². The van der Waals surface area contributed by atoms with Crippen molar-refractivity contribution in [2.24, 2.45) is 5.73 Å². The number of methoxy groups -OCH3 is 1. The summed E-state index contributed by atoms with van der Waals surface area (Å²) in [6.07, 6.45) is 0. The molecular formula is C13H15N3O2S. The molecule has 1 atom stereocenters. The number of aromatic nitrogens is 1. The van der Waals surface area contributed by atoms with Gasteiger partial charge in [-0.1, -0.05) is 0 Å². The lowest BCUT2D eigenvalue weighted by atomic mass is 10.2. The van der Waals surface area contributed by atoms with Gasteiger partial charge in [0.15, 0.2) is 5.13 Å². The molecular weight excluding hydrogens is 262 g/mol. The Balaban J connectivity index is 2.06. The Bertz CT molecular complexity index is 564. The first-order valence-electron chi connectivity index (χ1n) is 5.76. The summed E-state index contributed by atoms with van der Waals surface area (Å²) in [7, 11) is 1.58. The maximum atomic E-state index is 12.0. The minimum absolute atomic E-state index is 0.136. The lowest BCUT2D eigenvalue weighted by molar-refractivity contribution is 0.102. The number of ether oxygens (including phenoxy) is 1. The largest absolute Gasteiger partial charge is 0.497 e. The van der Waals surface area contributed by atoms with Crippen LogP contribution in [-0.4, -0.2) is 18.0 Å². The van der Waals surface area contributed by atoms with Crippen molar-refractivity contribution in [2.45, 2.75) is 13.0 Å². The average molecular weight is 277 g/mol. The van der Waals surface area contributed by atoms with Crippen LogP contribution >= 0.6 is 11.3 Å². The minimum Gasteiger partial charge on any atom is -0.497 e. The van der Waals surface area contributed by atoms with E-state index in [4.69, 9.17) is 10.5 Å². The maximum absolute atomic E-state index is 12.0. The molecule has 1 amide bonds. The number of rotatable bonds is 4. The lowest BCUT2D eigenvalue weighted by Crippen LogP contribution is -2.12. The van der Waals surface area contributed by atoms with Crippen molar-refractivity contribution >= 4 is 22.4 Å². The van der Waals surface area contributed by atoms with E-state index < -0.39 is 0 Å². The fourth-order valence-corrected chi connectivity index (χ4v) is 2.27. The SMILES string of the molecule is COc1ccc(C(=O)Nc2nc(C(C)N)cs2)cc1.